The molecule has 17 N–H and O–H groups in total. The lowest BCUT2D eigenvalue weighted by molar-refractivity contribution is -0.137. The third-order valence-corrected chi connectivity index (χ3v) is 11.8. The van der Waals surface area contributed by atoms with Gasteiger partial charge >= 0.3 is 0 Å². The number of aromatic amines is 1. The van der Waals surface area contributed by atoms with E-state index in [1.807, 2.05) is 13.8 Å². The first-order valence-electron chi connectivity index (χ1n) is 23.3. The summed E-state index contributed by atoms with van der Waals surface area (Å²) in [5.41, 5.74) is 17.6. The molecule has 72 heavy (non-hydrogen) atoms. The largest absolute Gasteiger partial charge is 0.508 e. The Morgan fingerprint density at radius 1 is 0.667 bits per heavy atom. The number of nitrogens with zero attached hydrogens (tertiary/aromatic N) is 2. The number of aliphatic hydroxyl groups excluding tert-OH is 1. The molecule has 9 amide bonds. The minimum absolute atomic E-state index is 0.00947. The summed E-state index contributed by atoms with van der Waals surface area (Å²) in [5, 5.41) is 40.9. The molecule has 27 heteroatoms. The van der Waals surface area contributed by atoms with Crippen LogP contribution in [0.1, 0.15) is 78.5 Å². The van der Waals surface area contributed by atoms with Crippen LogP contribution in [0.2, 0.25) is 0 Å². The first-order chi connectivity index (χ1) is 33.9. The van der Waals surface area contributed by atoms with Crippen molar-refractivity contribution in [3.05, 3.63) is 48.0 Å². The van der Waals surface area contributed by atoms with E-state index in [4.69, 9.17) is 17.2 Å². The van der Waals surface area contributed by atoms with E-state index in [0.29, 0.717) is 17.7 Å². The number of nitrogens with one attached hydrogen (secondary N) is 9. The second kappa shape index (κ2) is 31.0. The SMILES string of the molecule is CC[C@H](C)[C@H](NC(=O)[C@H](CC(C)C)NC(=O)[C@@H](CS)NC(C)=O)C(=O)N[C@H](C(=O)N[C@@H](CCCN=C(N)N)C(=O)N[C@@H](CS)C(=O)N[C@@H](Cc1cnc[nH]1)C(=O)N[C@@H](Cc1ccc(O)cc1)C(N)=O)[C@@H](C)O. The van der Waals surface area contributed by atoms with Crippen LogP contribution >= 0.6 is 25.3 Å². The van der Waals surface area contributed by atoms with Crippen molar-refractivity contribution in [3.8, 4) is 5.75 Å². The number of rotatable bonds is 31. The van der Waals surface area contributed by atoms with Gasteiger partial charge in [0.25, 0.3) is 0 Å². The summed E-state index contributed by atoms with van der Waals surface area (Å²) in [6, 6.07) is -4.84. The van der Waals surface area contributed by atoms with Crippen molar-refractivity contribution in [2.75, 3.05) is 18.1 Å². The van der Waals surface area contributed by atoms with Gasteiger partial charge in [0.1, 0.15) is 54.1 Å². The third kappa shape index (κ3) is 21.4. The number of thiol groups is 2. The van der Waals surface area contributed by atoms with Gasteiger partial charge in [-0.15, -0.1) is 0 Å². The Morgan fingerprint density at radius 3 is 1.68 bits per heavy atom. The Balaban J connectivity index is 2.37. The predicted octanol–water partition coefficient (Wildman–Crippen LogP) is -3.33. The lowest BCUT2D eigenvalue weighted by atomic mass is 9.96. The molecular weight excluding hydrogens is 977 g/mol. The maximum atomic E-state index is 14.0. The van der Waals surface area contributed by atoms with E-state index in [1.165, 1.54) is 38.5 Å². The highest BCUT2D eigenvalue weighted by Gasteiger charge is 2.37. The summed E-state index contributed by atoms with van der Waals surface area (Å²) < 4.78 is 0. The third-order valence-electron chi connectivity index (χ3n) is 11.1. The van der Waals surface area contributed by atoms with Crippen molar-refractivity contribution in [2.24, 2.45) is 34.0 Å². The van der Waals surface area contributed by atoms with E-state index in [0.717, 1.165) is 0 Å². The van der Waals surface area contributed by atoms with Gasteiger partial charge in [0.15, 0.2) is 5.96 Å². The quantitative estimate of drug-likeness (QED) is 0.0152. The minimum Gasteiger partial charge on any atom is -0.508 e. The highest BCUT2D eigenvalue weighted by atomic mass is 32.1. The van der Waals surface area contributed by atoms with E-state index in [9.17, 15) is 53.4 Å². The van der Waals surface area contributed by atoms with Gasteiger partial charge in [-0.25, -0.2) is 4.98 Å². The van der Waals surface area contributed by atoms with Crippen molar-refractivity contribution >= 4 is 84.4 Å². The normalized spacial score (nSPS) is 15.2. The van der Waals surface area contributed by atoms with Gasteiger partial charge in [-0.1, -0.05) is 46.2 Å². The molecule has 400 valence electrons. The van der Waals surface area contributed by atoms with Crippen LogP contribution < -0.4 is 59.7 Å². The monoisotopic (exact) mass is 1050 g/mol. The molecule has 0 unspecified atom stereocenters. The number of hydrogen-bond donors (Lipinski definition) is 16. The summed E-state index contributed by atoms with van der Waals surface area (Å²) in [4.78, 5) is 131. The zero-order valence-electron chi connectivity index (χ0n) is 41.3. The van der Waals surface area contributed by atoms with Crippen LogP contribution in [0.4, 0.5) is 0 Å². The summed E-state index contributed by atoms with van der Waals surface area (Å²) >= 11 is 8.40. The lowest BCUT2D eigenvalue weighted by Crippen LogP contribution is -2.63. The van der Waals surface area contributed by atoms with Crippen LogP contribution in [-0.4, -0.2) is 152 Å². The number of aliphatic hydroxyl groups is 1. The molecule has 0 aliphatic rings. The smallest absolute Gasteiger partial charge is 0.245 e. The van der Waals surface area contributed by atoms with E-state index < -0.39 is 114 Å². The molecule has 0 saturated carbocycles. The molecule has 0 bridgehead atoms. The molecule has 2 rings (SSSR count). The zero-order chi connectivity index (χ0) is 54.2. The van der Waals surface area contributed by atoms with Crippen molar-refractivity contribution in [3.63, 3.8) is 0 Å². The summed E-state index contributed by atoms with van der Waals surface area (Å²) in [6.45, 7) is 9.51. The van der Waals surface area contributed by atoms with Gasteiger partial charge in [-0.2, -0.15) is 25.3 Å². The van der Waals surface area contributed by atoms with Gasteiger partial charge in [0, 0.05) is 49.7 Å². The average molecular weight is 1050 g/mol. The van der Waals surface area contributed by atoms with Gasteiger partial charge in [0.2, 0.25) is 53.2 Å². The van der Waals surface area contributed by atoms with Crippen LogP contribution in [0.5, 0.6) is 5.75 Å². The highest BCUT2D eigenvalue weighted by Crippen LogP contribution is 2.14. The molecule has 10 atom stereocenters. The second-order valence-corrected chi connectivity index (χ2v) is 18.4. The first-order valence-corrected chi connectivity index (χ1v) is 24.6. The van der Waals surface area contributed by atoms with Crippen molar-refractivity contribution in [1.82, 2.24) is 52.5 Å². The van der Waals surface area contributed by atoms with Crippen LogP contribution in [-0.2, 0) is 56.0 Å². The number of imidazole rings is 1. The number of aromatic nitrogens is 2. The van der Waals surface area contributed by atoms with Crippen LogP contribution in [0.15, 0.2) is 41.8 Å². The fourth-order valence-corrected chi connectivity index (χ4v) is 7.49. The van der Waals surface area contributed by atoms with E-state index in [1.54, 1.807) is 26.0 Å². The predicted molar refractivity (Wildman–Crippen MR) is 273 cm³/mol. The highest BCUT2D eigenvalue weighted by molar-refractivity contribution is 7.80. The summed E-state index contributed by atoms with van der Waals surface area (Å²) in [7, 11) is 0. The number of benzene rings is 1. The molecule has 0 aliphatic heterocycles. The molecule has 0 saturated heterocycles. The fraction of sp³-hybridized carbons (Fsp3) is 0.578. The number of carbonyl (C=O) groups excluding carboxylic acids is 9. The first kappa shape index (κ1) is 61.5. The van der Waals surface area contributed by atoms with Crippen molar-refractivity contribution in [1.29, 1.82) is 0 Å². The van der Waals surface area contributed by atoms with Gasteiger partial charge in [-0.3, -0.25) is 48.1 Å². The van der Waals surface area contributed by atoms with Gasteiger partial charge in [0.05, 0.1) is 12.4 Å². The number of hydrogen-bond acceptors (Lipinski definition) is 15. The number of primary amides is 1. The number of nitrogens with two attached hydrogens (primary N) is 3. The molecule has 1 aromatic heterocycles. The van der Waals surface area contributed by atoms with Crippen LogP contribution in [0.25, 0.3) is 0 Å². The minimum atomic E-state index is -1.71. The summed E-state index contributed by atoms with van der Waals surface area (Å²) in [6.07, 6.45) is 1.46. The number of carbonyl (C=O) groups is 9. The molecular formula is C45H72N14O11S2. The zero-order valence-corrected chi connectivity index (χ0v) is 43.1. The fourth-order valence-electron chi connectivity index (χ4n) is 6.98. The molecule has 0 radical (unpaired) electrons. The van der Waals surface area contributed by atoms with E-state index in [-0.39, 0.29) is 67.8 Å². The number of aromatic hydroxyl groups is 1. The Kier molecular flexibility index (Phi) is 26.5. The van der Waals surface area contributed by atoms with Crippen molar-refractivity contribution in [2.45, 2.75) is 135 Å². The van der Waals surface area contributed by atoms with Crippen molar-refractivity contribution < 1.29 is 53.4 Å². The number of phenolic OH excluding ortho intramolecular Hbond substituents is 1. The molecule has 0 aliphatic carbocycles. The molecule has 1 aromatic carbocycles. The number of aliphatic imine (C=N–C) groups is 1. The molecule has 0 spiro atoms. The van der Waals surface area contributed by atoms with Crippen LogP contribution in [0, 0.1) is 11.8 Å². The molecule has 1 heterocycles. The second-order valence-electron chi connectivity index (χ2n) is 17.7. The maximum absolute atomic E-state index is 14.0. The number of amides is 9. The van der Waals surface area contributed by atoms with Gasteiger partial charge in [-0.05, 0) is 55.7 Å². The molecule has 25 nitrogen and oxygen atoms in total. The maximum Gasteiger partial charge on any atom is 0.245 e. The Bertz CT molecular complexity index is 2160. The number of H-pyrrole nitrogens is 1. The molecule has 2 aromatic rings. The number of phenols is 1. The standard InChI is InChI=1S/C45H72N14O11S2/c1-7-23(4)35(58-40(66)31(15-22(2)3)55-41(67)33(19-71)52-25(6)61)43(69)59-36(24(5)60)44(70)53-29(9-8-14-50-45(47)48)38(64)57-34(20-72)42(68)56-32(17-27-18-49-21-51-27)39(65)54-30(37(46)63)16-26-10-12-28(62)13-11-26/h10-13,18,21-24,29-36,60,62,71-72H,7-9,14-17,19-20H2,1-6H3,(H2,46,63)(H,49,51)(H,52,61)(H,53,70)(H,54,65)(H,55,67)(H,56,68)(H,57,64)(H,58,66)(H,59,69)(H4,47,48,50)/t23-,24+,29-,30-,31-,32-,33+,34-,35-,36-/m0/s1. The molecule has 0 fully saturated rings. The summed E-state index contributed by atoms with van der Waals surface area (Å²) in [5.74, 6) is -8.63. The number of guanidine groups is 1. The Labute approximate surface area is 429 Å². The average Bonchev–Trinajstić information content (AvgIpc) is 3.83. The van der Waals surface area contributed by atoms with E-state index in [2.05, 4.69) is 82.8 Å². The van der Waals surface area contributed by atoms with Crippen LogP contribution in [0.3, 0.4) is 0 Å². The van der Waals surface area contributed by atoms with Gasteiger partial charge < -0.3 is 74.9 Å². The lowest BCUT2D eigenvalue weighted by Gasteiger charge is -2.30. The van der Waals surface area contributed by atoms with E-state index >= 15 is 0 Å². The topological polar surface area (TPSA) is 409 Å². The Hall–Kier alpha value is -6.61. The Morgan fingerprint density at radius 2 is 1.17 bits per heavy atom.